The first-order chi connectivity index (χ1) is 7.81. The molecule has 0 aliphatic carbocycles. The van der Waals surface area contributed by atoms with E-state index in [0.717, 1.165) is 38.8 Å². The number of unbranched alkanes of at least 4 members (excludes halogenated alkanes) is 1. The van der Waals surface area contributed by atoms with Crippen LogP contribution in [0.4, 0.5) is 4.79 Å². The average Bonchev–Trinajstić information content (AvgIpc) is 2.83. The summed E-state index contributed by atoms with van der Waals surface area (Å²) in [6.45, 7) is 4.78. The molecular weight excluding hydrogens is 206 g/mol. The first-order valence-electron chi connectivity index (χ1n) is 6.38. The zero-order chi connectivity index (χ0) is 11.4. The van der Waals surface area contributed by atoms with Gasteiger partial charge in [-0.1, -0.05) is 13.3 Å². The maximum atomic E-state index is 11.4. The summed E-state index contributed by atoms with van der Waals surface area (Å²) in [7, 11) is 0. The van der Waals surface area contributed by atoms with Gasteiger partial charge in [-0.15, -0.1) is 0 Å². The number of carbonyl (C=O) groups is 1. The van der Waals surface area contributed by atoms with Gasteiger partial charge in [-0.3, -0.25) is 4.90 Å². The lowest BCUT2D eigenvalue weighted by molar-refractivity contribution is 0.0143. The second-order valence-electron chi connectivity index (χ2n) is 4.64. The van der Waals surface area contributed by atoms with Crippen molar-refractivity contribution < 1.29 is 14.3 Å². The molecule has 0 radical (unpaired) electrons. The van der Waals surface area contributed by atoms with Gasteiger partial charge in [0.25, 0.3) is 0 Å². The number of hydrogen-bond donors (Lipinski definition) is 0. The molecule has 92 valence electrons. The molecule has 2 heterocycles. The van der Waals surface area contributed by atoms with E-state index < -0.39 is 6.16 Å². The topological polar surface area (TPSA) is 38.8 Å². The third-order valence-electron chi connectivity index (χ3n) is 3.51. The molecule has 0 spiro atoms. The van der Waals surface area contributed by atoms with Crippen LogP contribution >= 0.6 is 0 Å². The first kappa shape index (κ1) is 11.7. The van der Waals surface area contributed by atoms with Crippen LogP contribution in [0.1, 0.15) is 39.0 Å². The first-order valence-corrected chi connectivity index (χ1v) is 6.38. The lowest BCUT2D eigenvalue weighted by Gasteiger charge is -2.19. The maximum absolute atomic E-state index is 11.4. The highest BCUT2D eigenvalue weighted by atomic mass is 16.7. The standard InChI is InChI=1S/C12H21NO3/c1-2-3-9-15-12(14)16-11-6-8-13-7-4-5-10(11)13/h10-11H,2-9H2,1H3. The Morgan fingerprint density at radius 3 is 3.06 bits per heavy atom. The molecule has 0 aromatic carbocycles. The van der Waals surface area contributed by atoms with E-state index in [1.165, 1.54) is 6.42 Å². The van der Waals surface area contributed by atoms with Crippen molar-refractivity contribution in [3.05, 3.63) is 0 Å². The molecule has 2 atom stereocenters. The Morgan fingerprint density at radius 1 is 1.38 bits per heavy atom. The molecule has 0 N–H and O–H groups in total. The largest absolute Gasteiger partial charge is 0.508 e. The summed E-state index contributed by atoms with van der Waals surface area (Å²) >= 11 is 0. The second-order valence-corrected chi connectivity index (χ2v) is 4.64. The predicted molar refractivity (Wildman–Crippen MR) is 60.3 cm³/mol. The third kappa shape index (κ3) is 2.67. The minimum absolute atomic E-state index is 0.0663. The van der Waals surface area contributed by atoms with Crippen molar-refractivity contribution in [3.63, 3.8) is 0 Å². The van der Waals surface area contributed by atoms with E-state index in [9.17, 15) is 4.79 Å². The normalized spacial score (nSPS) is 29.1. The van der Waals surface area contributed by atoms with Crippen LogP contribution in [0.3, 0.4) is 0 Å². The summed E-state index contributed by atoms with van der Waals surface area (Å²) in [6, 6.07) is 0.457. The fourth-order valence-electron chi connectivity index (χ4n) is 2.63. The summed E-state index contributed by atoms with van der Waals surface area (Å²) in [5, 5.41) is 0. The molecule has 0 bridgehead atoms. The molecule has 0 amide bonds. The number of carbonyl (C=O) groups excluding carboxylic acids is 1. The lowest BCUT2D eigenvalue weighted by Crippen LogP contribution is -2.32. The zero-order valence-corrected chi connectivity index (χ0v) is 9.98. The molecule has 16 heavy (non-hydrogen) atoms. The summed E-state index contributed by atoms with van der Waals surface area (Å²) in [4.78, 5) is 13.8. The van der Waals surface area contributed by atoms with E-state index in [1.807, 2.05) is 0 Å². The van der Waals surface area contributed by atoms with Crippen molar-refractivity contribution in [1.82, 2.24) is 4.90 Å². The van der Waals surface area contributed by atoms with E-state index in [4.69, 9.17) is 9.47 Å². The number of nitrogens with zero attached hydrogens (tertiary/aromatic N) is 1. The molecule has 2 aliphatic heterocycles. The molecular formula is C12H21NO3. The SMILES string of the molecule is CCCCOC(=O)OC1CCN2CCCC12. The van der Waals surface area contributed by atoms with Crippen LogP contribution in [0.2, 0.25) is 0 Å². The minimum atomic E-state index is -0.479. The van der Waals surface area contributed by atoms with Gasteiger partial charge in [-0.2, -0.15) is 0 Å². The number of ether oxygens (including phenoxy) is 2. The fourth-order valence-corrected chi connectivity index (χ4v) is 2.63. The number of fused-ring (bicyclic) bond motifs is 1. The van der Waals surface area contributed by atoms with Crippen LogP contribution in [0.5, 0.6) is 0 Å². The molecule has 4 heteroatoms. The monoisotopic (exact) mass is 227 g/mol. The smallest absolute Gasteiger partial charge is 0.434 e. The van der Waals surface area contributed by atoms with Crippen LogP contribution < -0.4 is 0 Å². The fraction of sp³-hybridized carbons (Fsp3) is 0.917. The molecule has 0 saturated carbocycles. The maximum Gasteiger partial charge on any atom is 0.508 e. The van der Waals surface area contributed by atoms with Crippen LogP contribution in [0.15, 0.2) is 0 Å². The molecule has 2 rings (SSSR count). The van der Waals surface area contributed by atoms with Crippen molar-refractivity contribution in [3.8, 4) is 0 Å². The van der Waals surface area contributed by atoms with Gasteiger partial charge in [0, 0.05) is 12.6 Å². The van der Waals surface area contributed by atoms with Crippen molar-refractivity contribution >= 4 is 6.16 Å². The Morgan fingerprint density at radius 2 is 2.25 bits per heavy atom. The molecule has 0 aromatic rings. The molecule has 0 aromatic heterocycles. The lowest BCUT2D eigenvalue weighted by atomic mass is 10.1. The Balaban J connectivity index is 1.70. The highest BCUT2D eigenvalue weighted by Gasteiger charge is 2.39. The van der Waals surface area contributed by atoms with Gasteiger partial charge < -0.3 is 9.47 Å². The molecule has 2 unspecified atom stereocenters. The number of hydrogen-bond acceptors (Lipinski definition) is 4. The van der Waals surface area contributed by atoms with Gasteiger partial charge in [0.2, 0.25) is 0 Å². The van der Waals surface area contributed by atoms with Crippen LogP contribution in [0, 0.1) is 0 Å². The Hall–Kier alpha value is -0.770. The van der Waals surface area contributed by atoms with Crippen LogP contribution in [-0.4, -0.2) is 42.9 Å². The van der Waals surface area contributed by atoms with Gasteiger partial charge in [-0.25, -0.2) is 4.79 Å². The Kier molecular flexibility index (Phi) is 4.04. The summed E-state index contributed by atoms with van der Waals surface area (Å²) in [5.41, 5.74) is 0. The minimum Gasteiger partial charge on any atom is -0.434 e. The Bertz CT molecular complexity index is 244. The zero-order valence-electron chi connectivity index (χ0n) is 9.98. The number of rotatable bonds is 4. The van der Waals surface area contributed by atoms with Gasteiger partial charge in [-0.05, 0) is 32.2 Å². The van der Waals surface area contributed by atoms with Crippen molar-refractivity contribution in [2.24, 2.45) is 0 Å². The molecule has 4 nitrogen and oxygen atoms in total. The van der Waals surface area contributed by atoms with Gasteiger partial charge in [0.1, 0.15) is 6.10 Å². The predicted octanol–water partition coefficient (Wildman–Crippen LogP) is 2.18. The van der Waals surface area contributed by atoms with Crippen LogP contribution in [-0.2, 0) is 9.47 Å². The van der Waals surface area contributed by atoms with E-state index in [1.54, 1.807) is 0 Å². The highest BCUT2D eigenvalue weighted by molar-refractivity contribution is 5.60. The van der Waals surface area contributed by atoms with Crippen molar-refractivity contribution in [2.75, 3.05) is 19.7 Å². The summed E-state index contributed by atoms with van der Waals surface area (Å²) in [6.07, 6.45) is 4.89. The van der Waals surface area contributed by atoms with E-state index in [-0.39, 0.29) is 6.10 Å². The molecule has 2 saturated heterocycles. The van der Waals surface area contributed by atoms with Crippen molar-refractivity contribution in [2.45, 2.75) is 51.2 Å². The van der Waals surface area contributed by atoms with Crippen LogP contribution in [0.25, 0.3) is 0 Å². The quantitative estimate of drug-likeness (QED) is 0.545. The summed E-state index contributed by atoms with van der Waals surface area (Å²) in [5.74, 6) is 0. The second kappa shape index (κ2) is 5.53. The van der Waals surface area contributed by atoms with Gasteiger partial charge in [0.15, 0.2) is 0 Å². The highest BCUT2D eigenvalue weighted by Crippen LogP contribution is 2.30. The molecule has 2 fully saturated rings. The summed E-state index contributed by atoms with van der Waals surface area (Å²) < 4.78 is 10.4. The van der Waals surface area contributed by atoms with Gasteiger partial charge in [0.05, 0.1) is 6.61 Å². The van der Waals surface area contributed by atoms with Crippen molar-refractivity contribution in [1.29, 1.82) is 0 Å². The average molecular weight is 227 g/mol. The van der Waals surface area contributed by atoms with E-state index in [0.29, 0.717) is 12.6 Å². The third-order valence-corrected chi connectivity index (χ3v) is 3.51. The van der Waals surface area contributed by atoms with E-state index >= 15 is 0 Å². The Labute approximate surface area is 96.9 Å². The van der Waals surface area contributed by atoms with Gasteiger partial charge >= 0.3 is 6.16 Å². The van der Waals surface area contributed by atoms with E-state index in [2.05, 4.69) is 11.8 Å². The molecule has 2 aliphatic rings.